The highest BCUT2D eigenvalue weighted by Crippen LogP contribution is 2.39. The zero-order valence-corrected chi connectivity index (χ0v) is 75.1. The maximum absolute atomic E-state index is 20.5. The van der Waals surface area contributed by atoms with Gasteiger partial charge in [-0.25, -0.2) is 0 Å². The normalized spacial score (nSPS) is 11.4. The molecule has 604 valence electrons. The van der Waals surface area contributed by atoms with Crippen molar-refractivity contribution >= 4 is 136 Å². The van der Waals surface area contributed by atoms with Crippen molar-refractivity contribution in [2.24, 2.45) is 0 Å². The smallest absolute Gasteiger partial charge is 0.243 e. The van der Waals surface area contributed by atoms with Crippen LogP contribution in [0.25, 0.3) is 93.5 Å². The van der Waals surface area contributed by atoms with Crippen LogP contribution in [-0.4, -0.2) is 31.4 Å². The first-order valence-electron chi connectivity index (χ1n) is 44.5. The van der Waals surface area contributed by atoms with Gasteiger partial charge in [-0.1, -0.05) is 458 Å². The highest BCUT2D eigenvalue weighted by molar-refractivity contribution is 7.01. The molecule has 0 saturated carbocycles. The molecule has 1 aromatic heterocycles. The van der Waals surface area contributed by atoms with Crippen LogP contribution in [0.2, 0.25) is 0 Å². The van der Waals surface area contributed by atoms with Gasteiger partial charge >= 0.3 is 0 Å². The van der Waals surface area contributed by atoms with Crippen LogP contribution < -0.4 is 71.0 Å². The second-order valence-corrected chi connectivity index (χ2v) is 35.6. The van der Waals surface area contributed by atoms with Crippen molar-refractivity contribution in [2.75, 3.05) is 0 Å². The van der Waals surface area contributed by atoms with E-state index < -0.39 is 13.4 Å². The highest BCUT2D eigenvalue weighted by Gasteiger charge is 2.39. The molecule has 125 heavy (non-hydrogen) atoms. The lowest BCUT2D eigenvalue weighted by Gasteiger charge is -2.29. The summed E-state index contributed by atoms with van der Waals surface area (Å²) in [7, 11) is 0. The standard InChI is InChI=1S/C119H105B4NO/c1-74-37-29-38-75(2)111(74)120(112-76(3)39-30-40-77(112)4)98-70-103-101-68-94(90-53-21-17-22-54-90)61-63-107(101)124(100-66-96(92-57-25-19-26-58-92)65-97(67-100)93-59-27-20-28-60-93)108-64-62-95(91-55-23-18-24-56-91)69-102(108)104-71-99(121(113-78(5)41-31-42-79(113)6)114-80(7)43-32-44-81(114)8)73-106(123(117-86(13)49-35-50-87(117)14)118-88(15)51-36-52-89(118)16)110(104)119(125)109(103)105(72-98)122(115-82(9)45-33-46-83(115)10)116-84(11)47-34-48-85(116)12/h17-73H,1-16H3. The topological polar surface area (TPSA) is 22.0 Å². The van der Waals surface area contributed by atoms with Gasteiger partial charge in [0.05, 0.1) is 11.0 Å². The van der Waals surface area contributed by atoms with Crippen molar-refractivity contribution < 1.29 is 0 Å². The minimum absolute atomic E-state index is 0.0487. The van der Waals surface area contributed by atoms with Crippen LogP contribution in [0.5, 0.6) is 0 Å². The molecule has 0 saturated heterocycles. The van der Waals surface area contributed by atoms with Gasteiger partial charge < -0.3 is 4.57 Å². The molecule has 2 nitrogen and oxygen atoms in total. The lowest BCUT2D eigenvalue weighted by molar-refractivity contribution is 1.17. The predicted molar refractivity (Wildman–Crippen MR) is 547 cm³/mol. The summed E-state index contributed by atoms with van der Waals surface area (Å²) >= 11 is 0. The van der Waals surface area contributed by atoms with Gasteiger partial charge in [0.1, 0.15) is 0 Å². The molecular formula is C119H105B4NO. The zero-order chi connectivity index (χ0) is 86.7. The summed E-state index contributed by atoms with van der Waals surface area (Å²) in [6.45, 7) is 35.1. The summed E-state index contributed by atoms with van der Waals surface area (Å²) < 4.78 is 2.61. The molecule has 0 radical (unpaired) electrons. The van der Waals surface area contributed by atoms with Crippen molar-refractivity contribution in [3.05, 3.63) is 445 Å². The summed E-state index contributed by atoms with van der Waals surface area (Å²) in [5.41, 5.74) is 43.8. The van der Waals surface area contributed by atoms with Crippen LogP contribution in [0.4, 0.5) is 0 Å². The van der Waals surface area contributed by atoms with Crippen LogP contribution in [0, 0.1) is 111 Å². The Morgan fingerprint density at radius 1 is 0.184 bits per heavy atom. The molecule has 6 heteroatoms. The van der Waals surface area contributed by atoms with Crippen molar-refractivity contribution in [2.45, 2.75) is 111 Å². The van der Waals surface area contributed by atoms with Gasteiger partial charge in [0.15, 0.2) is 5.43 Å². The number of fused-ring (bicyclic) bond motifs is 6. The van der Waals surface area contributed by atoms with E-state index in [0.29, 0.717) is 10.8 Å². The highest BCUT2D eigenvalue weighted by atomic mass is 16.1. The summed E-state index contributed by atoms with van der Waals surface area (Å²) in [6, 6.07) is 130. The quantitative estimate of drug-likeness (QED) is 0.0833. The minimum atomic E-state index is -0.518. The van der Waals surface area contributed by atoms with Crippen LogP contribution >= 0.6 is 0 Å². The van der Waals surface area contributed by atoms with Crippen molar-refractivity contribution in [1.82, 2.24) is 4.57 Å². The van der Waals surface area contributed by atoms with Gasteiger partial charge in [0.25, 0.3) is 0 Å². The minimum Gasteiger partial charge on any atom is -0.309 e. The van der Waals surface area contributed by atoms with Crippen LogP contribution in [0.3, 0.4) is 0 Å². The first-order chi connectivity index (χ1) is 60.6. The average molecular weight is 1610 g/mol. The van der Waals surface area contributed by atoms with Crippen LogP contribution in [0.1, 0.15) is 89.0 Å². The summed E-state index contributed by atoms with van der Waals surface area (Å²) in [6.07, 6.45) is 0. The summed E-state index contributed by atoms with van der Waals surface area (Å²) in [5, 5.41) is 4.83. The second kappa shape index (κ2) is 34.3. The largest absolute Gasteiger partial charge is 0.309 e. The van der Waals surface area contributed by atoms with Crippen LogP contribution in [-0.2, 0) is 0 Å². The molecule has 0 amide bonds. The van der Waals surface area contributed by atoms with Crippen LogP contribution in [0.15, 0.2) is 351 Å². The number of aromatic nitrogens is 1. The SMILES string of the molecule is Cc1cccc(C)c1B(c1cc(B(c2c(C)cccc2C)c2c(C)cccc2C)c2c(=O)c3c(B(c4c(C)cccc4C)c4c(C)cccc4C)cc(B(c4c(C)cccc4C)c4c(C)cccc4C)cc3c3cc(-c4ccccc4)ccc3n(-c3cc(-c4ccccc4)cc(-c4ccccc4)c3)c3ccc(-c4ccccc4)cc3c2c1)c1c(C)cccc1C. The molecule has 0 spiro atoms. The molecule has 17 aromatic carbocycles. The number of hydrogen-bond acceptors (Lipinski definition) is 1. The molecule has 0 unspecified atom stereocenters. The van der Waals surface area contributed by atoms with Crippen molar-refractivity contribution in [3.8, 4) is 50.2 Å². The lowest BCUT2D eigenvalue weighted by atomic mass is 9.30. The number of rotatable bonds is 17. The molecule has 18 rings (SSSR count). The van der Waals surface area contributed by atoms with Gasteiger partial charge in [-0.2, -0.15) is 0 Å². The Labute approximate surface area is 741 Å². The molecule has 0 N–H and O–H groups in total. The Bertz CT molecular complexity index is 6650. The van der Waals surface area contributed by atoms with Crippen molar-refractivity contribution in [1.29, 1.82) is 0 Å². The summed E-state index contributed by atoms with van der Waals surface area (Å²) in [5.74, 6) is 0. The van der Waals surface area contributed by atoms with E-state index in [1.165, 1.54) is 88.2 Å². The van der Waals surface area contributed by atoms with E-state index in [9.17, 15) is 0 Å². The average Bonchev–Trinajstić information content (AvgIpc) is 0.706. The first kappa shape index (κ1) is 82.4. The molecule has 0 bridgehead atoms. The zero-order valence-electron chi connectivity index (χ0n) is 75.1. The van der Waals surface area contributed by atoms with E-state index in [0.717, 1.165) is 149 Å². The second-order valence-electron chi connectivity index (χ2n) is 35.6. The number of nitrogens with zero attached hydrogens (tertiary/aromatic N) is 1. The monoisotopic (exact) mass is 1610 g/mol. The number of aryl methyl sites for hydroxylation is 16. The van der Waals surface area contributed by atoms with E-state index in [1.54, 1.807) is 0 Å². The number of benzene rings is 17. The summed E-state index contributed by atoms with van der Waals surface area (Å²) in [4.78, 5) is 20.5. The fourth-order valence-electron chi connectivity index (χ4n) is 21.6. The van der Waals surface area contributed by atoms with Gasteiger partial charge in [-0.3, -0.25) is 4.79 Å². The molecule has 0 aliphatic carbocycles. The first-order valence-corrected chi connectivity index (χ1v) is 44.5. The van der Waals surface area contributed by atoms with Crippen molar-refractivity contribution in [3.63, 3.8) is 0 Å². The van der Waals surface area contributed by atoms with E-state index >= 15 is 4.79 Å². The van der Waals surface area contributed by atoms with Gasteiger partial charge in [0, 0.05) is 27.2 Å². The Morgan fingerprint density at radius 2 is 0.408 bits per heavy atom. The molecule has 1 heterocycles. The Morgan fingerprint density at radius 3 is 0.648 bits per heavy atom. The van der Waals surface area contributed by atoms with E-state index in [1.807, 2.05) is 0 Å². The Kier molecular flexibility index (Phi) is 22.6. The maximum Gasteiger partial charge on any atom is 0.243 e. The molecule has 18 aromatic rings. The molecule has 0 fully saturated rings. The third kappa shape index (κ3) is 15.2. The molecular weight excluding hydrogens is 1500 g/mol. The third-order valence-electron chi connectivity index (χ3n) is 27.4. The third-order valence-corrected chi connectivity index (χ3v) is 27.4. The van der Waals surface area contributed by atoms with Gasteiger partial charge in [0.2, 0.25) is 26.9 Å². The molecule has 0 aliphatic heterocycles. The van der Waals surface area contributed by atoms with Gasteiger partial charge in [-0.05, 0) is 209 Å². The number of hydrogen-bond donors (Lipinski definition) is 0. The fourth-order valence-corrected chi connectivity index (χ4v) is 21.6. The Hall–Kier alpha value is -13.5. The molecule has 0 atom stereocenters. The lowest BCUT2D eigenvalue weighted by Crippen LogP contribution is -2.61. The van der Waals surface area contributed by atoms with Gasteiger partial charge in [-0.15, -0.1) is 0 Å². The van der Waals surface area contributed by atoms with E-state index in [-0.39, 0.29) is 18.9 Å². The fraction of sp³-hybridized carbons (Fsp3) is 0.134. The maximum atomic E-state index is 20.5. The Balaban J connectivity index is 1.25. The predicted octanol–water partition coefficient (Wildman–Crippen LogP) is 21.2. The van der Waals surface area contributed by atoms with E-state index in [2.05, 4.69) is 461 Å². The molecule has 0 aliphatic rings. The van der Waals surface area contributed by atoms with E-state index in [4.69, 9.17) is 0 Å².